The van der Waals surface area contributed by atoms with Crippen molar-refractivity contribution in [2.75, 3.05) is 0 Å². The average Bonchev–Trinajstić information content (AvgIpc) is 3.11. The van der Waals surface area contributed by atoms with Gasteiger partial charge in [0.25, 0.3) is 5.39 Å². The highest BCUT2D eigenvalue weighted by Crippen LogP contribution is 2.25. The number of carbonyl (C=O) groups excluding carboxylic acids is 1. The Hall–Kier alpha value is -4.31. The van der Waals surface area contributed by atoms with Gasteiger partial charge in [0.05, 0.1) is 0 Å². The molecule has 0 N–H and O–H groups in total. The smallest absolute Gasteiger partial charge is 0.339 e. The third-order valence-electron chi connectivity index (χ3n) is 4.51. The molecule has 0 radical (unpaired) electrons. The van der Waals surface area contributed by atoms with Crippen molar-refractivity contribution in [3.05, 3.63) is 118 Å². The fraction of sp³-hybridized carbons (Fsp3) is 0.0870. The van der Waals surface area contributed by atoms with Crippen LogP contribution in [0.25, 0.3) is 10.6 Å². The molecule has 0 heterocycles. The van der Waals surface area contributed by atoms with Crippen LogP contribution in [-0.2, 0) is 4.79 Å². The molecule has 0 fully saturated rings. The maximum atomic E-state index is 12.2. The Morgan fingerprint density at radius 3 is 2.07 bits per heavy atom. The number of nitrogens with zero attached hydrogens (tertiary/aromatic N) is 6. The van der Waals surface area contributed by atoms with E-state index in [-0.39, 0.29) is 5.78 Å². The lowest BCUT2D eigenvalue weighted by Gasteiger charge is -2.04. The zero-order valence-corrected chi connectivity index (χ0v) is 16.1. The molecule has 146 valence electrons. The van der Waals surface area contributed by atoms with E-state index in [4.69, 9.17) is 10.9 Å². The van der Waals surface area contributed by atoms with Gasteiger partial charge in [-0.1, -0.05) is 72.9 Å². The first-order valence-corrected chi connectivity index (χ1v) is 9.29. The van der Waals surface area contributed by atoms with Gasteiger partial charge in [0.15, 0.2) is 16.6 Å². The van der Waals surface area contributed by atoms with E-state index < -0.39 is 0 Å². The quantitative estimate of drug-likeness (QED) is 0.351. The first-order valence-electron chi connectivity index (χ1n) is 9.29. The molecule has 3 aliphatic rings. The minimum absolute atomic E-state index is 0.136. The molecule has 3 rings (SSSR count). The SMILES string of the molecule is N#[N+]N=C1C=CC(=CC=CC2=C(C=CC=C3C=CC(=NN=[N-])C=C3)C(=O)CC2)C=C1. The van der Waals surface area contributed by atoms with Crippen molar-refractivity contribution in [3.8, 4) is 0 Å². The standard InChI is InChI=1S/C23H18N6O/c24-28-26-20-12-7-17(8-13-20)3-1-5-19-11-16-23(30)22(19)6-2-4-18-9-14-21(15-10-18)27-29-25/h1-10,12-15H,11,16H2. The number of rotatable bonds is 5. The first kappa shape index (κ1) is 20.4. The summed E-state index contributed by atoms with van der Waals surface area (Å²) in [5.74, 6) is 0.136. The summed E-state index contributed by atoms with van der Waals surface area (Å²) in [6, 6.07) is 0. The molecular formula is C23H18N6O. The normalized spacial score (nSPS) is 18.0. The first-order chi connectivity index (χ1) is 14.7. The van der Waals surface area contributed by atoms with Gasteiger partial charge >= 0.3 is 5.08 Å². The summed E-state index contributed by atoms with van der Waals surface area (Å²) in [5.41, 5.74) is 13.2. The number of hydrogen-bond donors (Lipinski definition) is 0. The van der Waals surface area contributed by atoms with Crippen molar-refractivity contribution >= 4 is 17.2 Å². The van der Waals surface area contributed by atoms with Crippen LogP contribution in [0, 0.1) is 5.39 Å². The fourth-order valence-corrected chi connectivity index (χ4v) is 3.01. The lowest BCUT2D eigenvalue weighted by molar-refractivity contribution is -0.114. The molecule has 0 saturated heterocycles. The topological polar surface area (TPSA) is 105 Å². The molecule has 0 aromatic heterocycles. The summed E-state index contributed by atoms with van der Waals surface area (Å²) in [7, 11) is 0. The van der Waals surface area contributed by atoms with E-state index >= 15 is 0 Å². The molecule has 7 heteroatoms. The third kappa shape index (κ3) is 5.59. The molecule has 0 atom stereocenters. The molecule has 0 unspecified atom stereocenters. The van der Waals surface area contributed by atoms with Crippen molar-refractivity contribution in [3.63, 3.8) is 0 Å². The zero-order valence-electron chi connectivity index (χ0n) is 16.1. The highest BCUT2D eigenvalue weighted by Gasteiger charge is 2.18. The monoisotopic (exact) mass is 394 g/mol. The zero-order chi connectivity index (χ0) is 21.2. The molecule has 0 amide bonds. The van der Waals surface area contributed by atoms with Crippen LogP contribution in [0.1, 0.15) is 12.8 Å². The van der Waals surface area contributed by atoms with Gasteiger partial charge in [-0.25, -0.2) is 0 Å². The Bertz CT molecular complexity index is 1090. The number of ketones is 1. The molecule has 30 heavy (non-hydrogen) atoms. The number of Topliss-reactive ketones (excluding diaryl/α,β-unsaturated/α-hetero) is 1. The van der Waals surface area contributed by atoms with Gasteiger partial charge < -0.3 is 10.6 Å². The number of allylic oxidation sites excluding steroid dienone is 18. The van der Waals surface area contributed by atoms with Crippen LogP contribution < -0.4 is 0 Å². The molecule has 0 aromatic carbocycles. The second-order valence-electron chi connectivity index (χ2n) is 6.48. The Morgan fingerprint density at radius 2 is 1.47 bits per heavy atom. The third-order valence-corrected chi connectivity index (χ3v) is 4.51. The van der Waals surface area contributed by atoms with E-state index in [1.807, 2.05) is 60.8 Å². The lowest BCUT2D eigenvalue weighted by Crippen LogP contribution is -1.93. The van der Waals surface area contributed by atoms with Gasteiger partial charge in [-0.15, -0.1) is 0 Å². The maximum Gasteiger partial charge on any atom is 0.339 e. The summed E-state index contributed by atoms with van der Waals surface area (Å²) < 4.78 is 0. The Balaban J connectivity index is 1.69. The van der Waals surface area contributed by atoms with Crippen molar-refractivity contribution < 1.29 is 4.79 Å². The highest BCUT2D eigenvalue weighted by molar-refractivity contribution is 6.06. The van der Waals surface area contributed by atoms with Crippen molar-refractivity contribution in [2.45, 2.75) is 12.8 Å². The fourth-order valence-electron chi connectivity index (χ4n) is 3.01. The minimum Gasteiger partial charge on any atom is -0.362 e. The Kier molecular flexibility index (Phi) is 7.01. The van der Waals surface area contributed by atoms with Crippen LogP contribution in [0.3, 0.4) is 0 Å². The van der Waals surface area contributed by atoms with E-state index in [1.165, 1.54) is 0 Å². The largest absolute Gasteiger partial charge is 0.362 e. The van der Waals surface area contributed by atoms with Gasteiger partial charge in [-0.3, -0.25) is 10.0 Å². The number of diazo groups is 1. The number of hydrogen-bond acceptors (Lipinski definition) is 4. The molecule has 0 saturated carbocycles. The minimum atomic E-state index is 0.136. The van der Waals surface area contributed by atoms with Crippen molar-refractivity contribution in [2.24, 2.45) is 15.4 Å². The highest BCUT2D eigenvalue weighted by atomic mass is 16.1. The maximum absolute atomic E-state index is 12.2. The summed E-state index contributed by atoms with van der Waals surface area (Å²) in [6.07, 6.45) is 27.1. The van der Waals surface area contributed by atoms with E-state index in [9.17, 15) is 4.79 Å². The van der Waals surface area contributed by atoms with Crippen molar-refractivity contribution in [1.82, 2.24) is 0 Å². The average molecular weight is 394 g/mol. The van der Waals surface area contributed by atoms with E-state index in [2.05, 4.69) is 20.5 Å². The molecule has 0 bridgehead atoms. The summed E-state index contributed by atoms with van der Waals surface area (Å²) in [6.45, 7) is 0. The van der Waals surface area contributed by atoms with E-state index in [0.717, 1.165) is 28.7 Å². The van der Waals surface area contributed by atoms with E-state index in [1.54, 1.807) is 24.3 Å². The van der Waals surface area contributed by atoms with Gasteiger partial charge in [0.2, 0.25) is 0 Å². The van der Waals surface area contributed by atoms with Crippen molar-refractivity contribution in [1.29, 1.82) is 5.39 Å². The molecule has 7 nitrogen and oxygen atoms in total. The van der Waals surface area contributed by atoms with Gasteiger partial charge in [0.1, 0.15) is 0 Å². The Labute approximate surface area is 174 Å². The molecular weight excluding hydrogens is 376 g/mol. The molecule has 0 spiro atoms. The lowest BCUT2D eigenvalue weighted by atomic mass is 10.1. The predicted molar refractivity (Wildman–Crippen MR) is 118 cm³/mol. The van der Waals surface area contributed by atoms with Crippen LogP contribution in [0.4, 0.5) is 0 Å². The summed E-state index contributed by atoms with van der Waals surface area (Å²) in [4.78, 5) is 12.2. The van der Waals surface area contributed by atoms with Gasteiger partial charge in [0, 0.05) is 12.0 Å². The second-order valence-corrected chi connectivity index (χ2v) is 6.48. The summed E-state index contributed by atoms with van der Waals surface area (Å²) >= 11 is 0. The van der Waals surface area contributed by atoms with Crippen LogP contribution in [0.15, 0.2) is 123 Å². The molecule has 0 aliphatic heterocycles. The Morgan fingerprint density at radius 1 is 0.867 bits per heavy atom. The van der Waals surface area contributed by atoms with Crippen LogP contribution >= 0.6 is 0 Å². The summed E-state index contributed by atoms with van der Waals surface area (Å²) in [5, 5.41) is 21.0. The van der Waals surface area contributed by atoms with Gasteiger partial charge in [-0.05, 0) is 41.0 Å². The van der Waals surface area contributed by atoms with Gasteiger partial charge in [-0.2, -0.15) is 0 Å². The van der Waals surface area contributed by atoms with E-state index in [0.29, 0.717) is 17.8 Å². The van der Waals surface area contributed by atoms with Crippen LogP contribution in [0.5, 0.6) is 0 Å². The number of carbonyl (C=O) groups is 1. The molecule has 0 aromatic rings. The van der Waals surface area contributed by atoms with Crippen LogP contribution in [-0.4, -0.2) is 17.2 Å². The second kappa shape index (κ2) is 10.3. The predicted octanol–water partition coefficient (Wildman–Crippen LogP) is 5.45. The van der Waals surface area contributed by atoms with Crippen LogP contribution in [0.2, 0.25) is 0 Å². The molecule has 3 aliphatic carbocycles.